The largest absolute Gasteiger partial charge is 0.444 e. The van der Waals surface area contributed by atoms with Crippen LogP contribution in [-0.2, 0) is 14.4 Å². The van der Waals surface area contributed by atoms with Crippen LogP contribution in [0, 0.1) is 0 Å². The van der Waals surface area contributed by atoms with Gasteiger partial charge in [-0.15, -0.1) is 0 Å². The van der Waals surface area contributed by atoms with Crippen LogP contribution in [0.5, 0.6) is 0 Å². The van der Waals surface area contributed by atoms with E-state index in [4.69, 9.17) is 9.57 Å². The summed E-state index contributed by atoms with van der Waals surface area (Å²) in [6, 6.07) is -0.310. The van der Waals surface area contributed by atoms with Crippen molar-refractivity contribution in [3.05, 3.63) is 0 Å². The first-order valence-corrected chi connectivity index (χ1v) is 5.46. The minimum atomic E-state index is -0.545. The Hall–Kier alpha value is -1.30. The molecule has 0 radical (unpaired) electrons. The topological polar surface area (TPSA) is 67.9 Å². The Morgan fingerprint density at radius 3 is 2.29 bits per heavy atom. The van der Waals surface area contributed by atoms with Crippen LogP contribution in [0.2, 0.25) is 0 Å². The van der Waals surface area contributed by atoms with E-state index in [0.29, 0.717) is 0 Å². The van der Waals surface area contributed by atoms with Crippen molar-refractivity contribution in [2.75, 3.05) is 14.2 Å². The summed E-state index contributed by atoms with van der Waals surface area (Å²) in [6.07, 6.45) is -0.373. The van der Waals surface area contributed by atoms with Crippen molar-refractivity contribution in [1.29, 1.82) is 0 Å². The number of nitrogens with one attached hydrogen (secondary N) is 1. The Morgan fingerprint density at radius 2 is 1.88 bits per heavy atom. The van der Waals surface area contributed by atoms with Gasteiger partial charge in [-0.3, -0.25) is 9.63 Å². The second kappa shape index (κ2) is 6.44. The van der Waals surface area contributed by atoms with E-state index in [1.165, 1.54) is 14.2 Å². The molecule has 0 fully saturated rings. The number of hydrogen-bond donors (Lipinski definition) is 1. The lowest BCUT2D eigenvalue weighted by molar-refractivity contribution is -0.169. The zero-order chi connectivity index (χ0) is 13.6. The Kier molecular flexibility index (Phi) is 5.95. The van der Waals surface area contributed by atoms with Crippen LogP contribution in [0.3, 0.4) is 0 Å². The van der Waals surface area contributed by atoms with Gasteiger partial charge in [-0.2, -0.15) is 0 Å². The van der Waals surface area contributed by atoms with E-state index in [-0.39, 0.29) is 18.4 Å². The maximum Gasteiger partial charge on any atom is 0.407 e. The van der Waals surface area contributed by atoms with Gasteiger partial charge in [0.15, 0.2) is 0 Å². The van der Waals surface area contributed by atoms with E-state index in [2.05, 4.69) is 5.32 Å². The smallest absolute Gasteiger partial charge is 0.407 e. The highest BCUT2D eigenvalue weighted by molar-refractivity contribution is 5.76. The molecule has 0 spiro atoms. The molecule has 0 aliphatic carbocycles. The predicted octanol–water partition coefficient (Wildman–Crippen LogP) is 1.31. The van der Waals surface area contributed by atoms with E-state index >= 15 is 0 Å². The highest BCUT2D eigenvalue weighted by Crippen LogP contribution is 2.07. The van der Waals surface area contributed by atoms with Crippen LogP contribution in [-0.4, -0.2) is 42.9 Å². The second-order valence-electron chi connectivity index (χ2n) is 4.83. The van der Waals surface area contributed by atoms with Crippen LogP contribution in [0.15, 0.2) is 0 Å². The number of alkyl carbamates (subject to hydrolysis) is 1. The van der Waals surface area contributed by atoms with Gasteiger partial charge in [0.05, 0.1) is 7.11 Å². The summed E-state index contributed by atoms with van der Waals surface area (Å²) in [5, 5.41) is 3.70. The average molecular weight is 246 g/mol. The van der Waals surface area contributed by atoms with Crippen LogP contribution >= 0.6 is 0 Å². The Morgan fingerprint density at radius 1 is 1.35 bits per heavy atom. The fourth-order valence-electron chi connectivity index (χ4n) is 1.05. The van der Waals surface area contributed by atoms with Gasteiger partial charge in [0.2, 0.25) is 5.91 Å². The fraction of sp³-hybridized carbons (Fsp3) is 0.818. The molecule has 1 atom stereocenters. The van der Waals surface area contributed by atoms with Gasteiger partial charge < -0.3 is 10.1 Å². The summed E-state index contributed by atoms with van der Waals surface area (Å²) in [7, 11) is 2.92. The standard InChI is InChI=1S/C11H22N2O4/c1-8(7-9(14)13(5)16-6)12-10(15)17-11(2,3)4/h8H,7H2,1-6H3,(H,12,15)/t8-/m1/s1. The zero-order valence-electron chi connectivity index (χ0n) is 11.4. The molecule has 6 heteroatoms. The summed E-state index contributed by atoms with van der Waals surface area (Å²) < 4.78 is 5.07. The van der Waals surface area contributed by atoms with Crippen molar-refractivity contribution in [2.45, 2.75) is 45.8 Å². The molecular weight excluding hydrogens is 224 g/mol. The number of hydrogen-bond acceptors (Lipinski definition) is 4. The molecule has 0 aromatic carbocycles. The first-order chi connectivity index (χ1) is 7.65. The van der Waals surface area contributed by atoms with Crippen molar-refractivity contribution < 1.29 is 19.2 Å². The first-order valence-electron chi connectivity index (χ1n) is 5.46. The molecular formula is C11H22N2O4. The number of hydroxylamine groups is 2. The van der Waals surface area contributed by atoms with Crippen molar-refractivity contribution in [2.24, 2.45) is 0 Å². The third-order valence-electron chi connectivity index (χ3n) is 1.87. The third-order valence-corrected chi connectivity index (χ3v) is 1.87. The van der Waals surface area contributed by atoms with E-state index < -0.39 is 11.7 Å². The maximum absolute atomic E-state index is 11.5. The lowest BCUT2D eigenvalue weighted by atomic mass is 10.2. The van der Waals surface area contributed by atoms with Gasteiger partial charge in [0.25, 0.3) is 0 Å². The monoisotopic (exact) mass is 246 g/mol. The summed E-state index contributed by atoms with van der Waals surface area (Å²) in [4.78, 5) is 27.6. The van der Waals surface area contributed by atoms with Crippen LogP contribution in [0.25, 0.3) is 0 Å². The molecule has 0 saturated heterocycles. The molecule has 0 heterocycles. The predicted molar refractivity (Wildman–Crippen MR) is 63.2 cm³/mol. The molecule has 0 bridgehead atoms. The third kappa shape index (κ3) is 7.57. The van der Waals surface area contributed by atoms with Gasteiger partial charge in [-0.1, -0.05) is 0 Å². The lowest BCUT2D eigenvalue weighted by Gasteiger charge is -2.22. The van der Waals surface area contributed by atoms with Crippen molar-refractivity contribution in [3.8, 4) is 0 Å². The molecule has 100 valence electrons. The number of nitrogens with zero attached hydrogens (tertiary/aromatic N) is 1. The molecule has 1 N–H and O–H groups in total. The number of carbonyl (C=O) groups is 2. The highest BCUT2D eigenvalue weighted by Gasteiger charge is 2.19. The minimum absolute atomic E-state index is 0.156. The Bertz CT molecular complexity index is 273. The van der Waals surface area contributed by atoms with Gasteiger partial charge in [-0.25, -0.2) is 9.86 Å². The normalized spacial score (nSPS) is 12.8. The van der Waals surface area contributed by atoms with Gasteiger partial charge >= 0.3 is 6.09 Å². The minimum Gasteiger partial charge on any atom is -0.444 e. The molecule has 0 rings (SSSR count). The van der Waals surface area contributed by atoms with Gasteiger partial charge in [0, 0.05) is 19.5 Å². The zero-order valence-corrected chi connectivity index (χ0v) is 11.4. The molecule has 2 amide bonds. The fourth-order valence-corrected chi connectivity index (χ4v) is 1.05. The van der Waals surface area contributed by atoms with E-state index in [0.717, 1.165) is 5.06 Å². The quantitative estimate of drug-likeness (QED) is 0.759. The van der Waals surface area contributed by atoms with Crippen molar-refractivity contribution in [1.82, 2.24) is 10.4 Å². The van der Waals surface area contributed by atoms with Crippen LogP contribution in [0.4, 0.5) is 4.79 Å². The maximum atomic E-state index is 11.5. The van der Waals surface area contributed by atoms with E-state index in [1.54, 1.807) is 27.7 Å². The summed E-state index contributed by atoms with van der Waals surface area (Å²) in [5.74, 6) is -0.212. The van der Waals surface area contributed by atoms with Crippen molar-refractivity contribution in [3.63, 3.8) is 0 Å². The Balaban J connectivity index is 4.06. The van der Waals surface area contributed by atoms with Crippen LogP contribution in [0.1, 0.15) is 34.1 Å². The number of carbonyl (C=O) groups excluding carboxylic acids is 2. The SMILES string of the molecule is CON(C)C(=O)C[C@@H](C)NC(=O)OC(C)(C)C. The summed E-state index contributed by atoms with van der Waals surface area (Å²) >= 11 is 0. The molecule has 0 aromatic heterocycles. The lowest BCUT2D eigenvalue weighted by Crippen LogP contribution is -2.40. The van der Waals surface area contributed by atoms with Gasteiger partial charge in [-0.05, 0) is 27.7 Å². The van der Waals surface area contributed by atoms with Crippen LogP contribution < -0.4 is 5.32 Å². The summed E-state index contributed by atoms with van der Waals surface area (Å²) in [6.45, 7) is 7.06. The molecule has 0 aromatic rings. The molecule has 17 heavy (non-hydrogen) atoms. The highest BCUT2D eigenvalue weighted by atomic mass is 16.7. The number of rotatable bonds is 4. The summed E-state index contributed by atoms with van der Waals surface area (Å²) in [5.41, 5.74) is -0.545. The van der Waals surface area contributed by atoms with E-state index in [9.17, 15) is 9.59 Å². The Labute approximate surface area is 102 Å². The first kappa shape index (κ1) is 15.7. The number of ether oxygens (including phenoxy) is 1. The van der Waals surface area contributed by atoms with Gasteiger partial charge in [0.1, 0.15) is 5.60 Å². The second-order valence-corrected chi connectivity index (χ2v) is 4.83. The molecule has 0 saturated carbocycles. The number of amides is 2. The average Bonchev–Trinajstić information content (AvgIpc) is 2.12. The van der Waals surface area contributed by atoms with Crippen molar-refractivity contribution >= 4 is 12.0 Å². The molecule has 0 aliphatic heterocycles. The van der Waals surface area contributed by atoms with E-state index in [1.807, 2.05) is 0 Å². The molecule has 0 unspecified atom stereocenters. The molecule has 6 nitrogen and oxygen atoms in total. The molecule has 0 aliphatic rings.